The second-order valence-electron chi connectivity index (χ2n) is 5.82. The molecule has 2 aromatic carbocycles. The summed E-state index contributed by atoms with van der Waals surface area (Å²) in [5.41, 5.74) is 1.35. The van der Waals surface area contributed by atoms with Crippen LogP contribution in [0.15, 0.2) is 47.6 Å². The molecule has 0 saturated carbocycles. The van der Waals surface area contributed by atoms with Gasteiger partial charge in [-0.25, -0.2) is 4.68 Å². The van der Waals surface area contributed by atoms with Crippen molar-refractivity contribution in [2.24, 2.45) is 0 Å². The molecule has 0 aliphatic carbocycles. The first-order valence-electron chi connectivity index (χ1n) is 8.71. The molecule has 1 aromatic heterocycles. The number of thioether (sulfide) groups is 1. The molecule has 0 atom stereocenters. The molecule has 3 rings (SSSR count). The van der Waals surface area contributed by atoms with Gasteiger partial charge in [-0.3, -0.25) is 4.79 Å². The number of halogens is 1. The fourth-order valence-corrected chi connectivity index (χ4v) is 3.45. The molecular weight excluding hydrogens is 414 g/mol. The molecule has 0 spiro atoms. The van der Waals surface area contributed by atoms with E-state index >= 15 is 0 Å². The number of hydrogen-bond donors (Lipinski definition) is 2. The molecule has 152 valence electrons. The first-order chi connectivity index (χ1) is 14.0. The summed E-state index contributed by atoms with van der Waals surface area (Å²) >= 11 is 7.25. The molecule has 0 saturated heterocycles. The minimum absolute atomic E-state index is 0.109. The molecular formula is C19H20ClN5O3S. The predicted octanol–water partition coefficient (Wildman–Crippen LogP) is 3.45. The Morgan fingerprint density at radius 2 is 2.10 bits per heavy atom. The van der Waals surface area contributed by atoms with Gasteiger partial charge in [-0.1, -0.05) is 35.5 Å². The van der Waals surface area contributed by atoms with E-state index in [0.717, 1.165) is 11.3 Å². The minimum atomic E-state index is -0.223. The Hall–Kier alpha value is -2.91. The summed E-state index contributed by atoms with van der Waals surface area (Å²) in [6.07, 6.45) is 0. The molecule has 0 aliphatic rings. The highest BCUT2D eigenvalue weighted by Crippen LogP contribution is 2.28. The van der Waals surface area contributed by atoms with Gasteiger partial charge >= 0.3 is 0 Å². The normalized spacial score (nSPS) is 10.6. The van der Waals surface area contributed by atoms with Crippen molar-refractivity contribution in [1.29, 1.82) is 0 Å². The summed E-state index contributed by atoms with van der Waals surface area (Å²) < 4.78 is 11.9. The lowest BCUT2D eigenvalue weighted by Crippen LogP contribution is -2.16. The summed E-state index contributed by atoms with van der Waals surface area (Å²) in [5.74, 6) is 7.75. The van der Waals surface area contributed by atoms with Crippen molar-refractivity contribution >= 4 is 35.0 Å². The third-order valence-electron chi connectivity index (χ3n) is 3.84. The van der Waals surface area contributed by atoms with Crippen LogP contribution in [0.1, 0.15) is 6.92 Å². The molecule has 0 unspecified atom stereocenters. The van der Waals surface area contributed by atoms with Crippen LogP contribution in [-0.2, 0) is 4.79 Å². The Morgan fingerprint density at radius 1 is 1.28 bits per heavy atom. The number of aromatic nitrogens is 3. The van der Waals surface area contributed by atoms with Gasteiger partial charge in [0, 0.05) is 11.3 Å². The van der Waals surface area contributed by atoms with Crippen molar-refractivity contribution < 1.29 is 14.3 Å². The Bertz CT molecular complexity index is 1010. The maximum absolute atomic E-state index is 12.2. The fraction of sp³-hybridized carbons (Fsp3) is 0.211. The zero-order valence-electron chi connectivity index (χ0n) is 15.9. The number of nitrogens with two attached hydrogens (primary N) is 1. The Kier molecular flexibility index (Phi) is 6.84. The van der Waals surface area contributed by atoms with Crippen LogP contribution in [0.4, 0.5) is 5.69 Å². The number of amides is 1. The fourth-order valence-electron chi connectivity index (χ4n) is 2.54. The van der Waals surface area contributed by atoms with Gasteiger partial charge in [0.25, 0.3) is 0 Å². The van der Waals surface area contributed by atoms with Crippen molar-refractivity contribution in [3.05, 3.63) is 47.5 Å². The number of rotatable bonds is 8. The quantitative estimate of drug-likeness (QED) is 0.414. The smallest absolute Gasteiger partial charge is 0.234 e. The lowest BCUT2D eigenvalue weighted by Gasteiger charge is -2.08. The molecule has 0 radical (unpaired) electrons. The average Bonchev–Trinajstić information content (AvgIpc) is 3.07. The third-order valence-corrected chi connectivity index (χ3v) is 5.07. The molecule has 0 fully saturated rings. The Balaban J connectivity index is 1.63. The summed E-state index contributed by atoms with van der Waals surface area (Å²) in [6.45, 7) is 2.48. The van der Waals surface area contributed by atoms with E-state index in [0.29, 0.717) is 34.0 Å². The highest BCUT2D eigenvalue weighted by Gasteiger charge is 2.15. The molecule has 8 nitrogen and oxygen atoms in total. The first kappa shape index (κ1) is 20.8. The minimum Gasteiger partial charge on any atom is -0.495 e. The van der Waals surface area contributed by atoms with E-state index in [1.165, 1.54) is 23.5 Å². The van der Waals surface area contributed by atoms with Crippen molar-refractivity contribution in [1.82, 2.24) is 14.9 Å². The van der Waals surface area contributed by atoms with Crippen LogP contribution in [0.3, 0.4) is 0 Å². The summed E-state index contributed by atoms with van der Waals surface area (Å²) in [6, 6.07) is 12.4. The van der Waals surface area contributed by atoms with Crippen molar-refractivity contribution in [2.45, 2.75) is 12.1 Å². The lowest BCUT2D eigenvalue weighted by atomic mass is 10.2. The van der Waals surface area contributed by atoms with Crippen molar-refractivity contribution in [2.75, 3.05) is 30.6 Å². The summed E-state index contributed by atoms with van der Waals surface area (Å²) in [7, 11) is 1.53. The zero-order valence-corrected chi connectivity index (χ0v) is 17.5. The molecule has 3 aromatic rings. The number of carbonyl (C=O) groups is 1. The molecule has 0 aliphatic heterocycles. The first-order valence-corrected chi connectivity index (χ1v) is 10.1. The number of ether oxygens (including phenoxy) is 2. The SMILES string of the molecule is CCOc1cccc(-c2nnc(SCC(=O)Nc3ccc(OC)c(Cl)c3)n2N)c1. The average molecular weight is 434 g/mol. The van der Waals surface area contributed by atoms with Crippen molar-refractivity contribution in [3.8, 4) is 22.9 Å². The molecule has 1 amide bonds. The summed E-state index contributed by atoms with van der Waals surface area (Å²) in [4.78, 5) is 12.2. The Morgan fingerprint density at radius 3 is 2.83 bits per heavy atom. The topological polar surface area (TPSA) is 104 Å². The maximum atomic E-state index is 12.2. The van der Waals surface area contributed by atoms with E-state index in [4.69, 9.17) is 26.9 Å². The standard InChI is InChI=1S/C19H20ClN5O3S/c1-3-28-14-6-4-5-12(9-14)18-23-24-19(25(18)21)29-11-17(26)22-13-7-8-16(27-2)15(20)10-13/h4-10H,3,11,21H2,1-2H3,(H,22,26). The highest BCUT2D eigenvalue weighted by atomic mass is 35.5. The monoisotopic (exact) mass is 433 g/mol. The summed E-state index contributed by atoms with van der Waals surface area (Å²) in [5, 5.41) is 11.8. The molecule has 29 heavy (non-hydrogen) atoms. The van der Waals surface area contributed by atoms with Gasteiger partial charge in [-0.15, -0.1) is 10.2 Å². The van der Waals surface area contributed by atoms with E-state index in [9.17, 15) is 4.79 Å². The van der Waals surface area contributed by atoms with E-state index in [1.807, 2.05) is 31.2 Å². The van der Waals surface area contributed by atoms with Gasteiger partial charge in [0.1, 0.15) is 11.5 Å². The third kappa shape index (κ3) is 5.12. The van der Waals surface area contributed by atoms with Crippen LogP contribution in [0.25, 0.3) is 11.4 Å². The van der Waals surface area contributed by atoms with E-state index < -0.39 is 0 Å². The maximum Gasteiger partial charge on any atom is 0.234 e. The van der Waals surface area contributed by atoms with E-state index in [1.54, 1.807) is 18.2 Å². The van der Waals surface area contributed by atoms with E-state index in [-0.39, 0.29) is 11.7 Å². The van der Waals surface area contributed by atoms with Crippen LogP contribution in [0, 0.1) is 0 Å². The van der Waals surface area contributed by atoms with Crippen LogP contribution in [-0.4, -0.2) is 40.3 Å². The molecule has 10 heteroatoms. The van der Waals surface area contributed by atoms with Gasteiger partial charge in [0.15, 0.2) is 5.82 Å². The number of nitrogens with one attached hydrogen (secondary N) is 1. The lowest BCUT2D eigenvalue weighted by molar-refractivity contribution is -0.113. The van der Waals surface area contributed by atoms with Crippen molar-refractivity contribution in [3.63, 3.8) is 0 Å². The predicted molar refractivity (Wildman–Crippen MR) is 114 cm³/mol. The Labute approximate surface area is 177 Å². The second kappa shape index (κ2) is 9.53. The van der Waals surface area contributed by atoms with E-state index in [2.05, 4.69) is 15.5 Å². The highest BCUT2D eigenvalue weighted by molar-refractivity contribution is 7.99. The number of hydrogen-bond acceptors (Lipinski definition) is 7. The van der Waals surface area contributed by atoms with Gasteiger partial charge in [0.05, 0.1) is 24.5 Å². The van der Waals surface area contributed by atoms with Crippen LogP contribution >= 0.6 is 23.4 Å². The number of anilines is 1. The number of carbonyl (C=O) groups excluding carboxylic acids is 1. The second-order valence-corrected chi connectivity index (χ2v) is 7.17. The van der Waals surface area contributed by atoms with Gasteiger partial charge in [-0.05, 0) is 37.3 Å². The largest absolute Gasteiger partial charge is 0.495 e. The molecule has 3 N–H and O–H groups in total. The van der Waals surface area contributed by atoms with Gasteiger partial charge < -0.3 is 20.6 Å². The number of nitrogens with zero attached hydrogens (tertiary/aromatic N) is 3. The van der Waals surface area contributed by atoms with Crippen LogP contribution < -0.4 is 20.6 Å². The van der Waals surface area contributed by atoms with Gasteiger partial charge in [-0.2, -0.15) is 0 Å². The molecule has 0 bridgehead atoms. The number of methoxy groups -OCH3 is 1. The molecule has 1 heterocycles. The van der Waals surface area contributed by atoms with Gasteiger partial charge in [0.2, 0.25) is 11.1 Å². The van der Waals surface area contributed by atoms with Crippen LogP contribution in [0.2, 0.25) is 5.02 Å². The van der Waals surface area contributed by atoms with Crippen LogP contribution in [0.5, 0.6) is 11.5 Å². The number of nitrogen functional groups attached to an aromatic ring is 1. The number of benzene rings is 2. The zero-order chi connectivity index (χ0) is 20.8.